The first-order valence-electron chi connectivity index (χ1n) is 4.76. The molecule has 1 aromatic heterocycles. The number of hydrogen-bond donors (Lipinski definition) is 1. The van der Waals surface area contributed by atoms with E-state index in [-0.39, 0.29) is 5.88 Å². The Balaban J connectivity index is 2.96. The van der Waals surface area contributed by atoms with Gasteiger partial charge in [0, 0.05) is 26.0 Å². The van der Waals surface area contributed by atoms with E-state index >= 15 is 0 Å². The maximum absolute atomic E-state index is 9.48. The number of aryl methyl sites for hydroxylation is 3. The van der Waals surface area contributed by atoms with Gasteiger partial charge in [-0.05, 0) is 12.5 Å². The van der Waals surface area contributed by atoms with Crippen LogP contribution in [-0.2, 0) is 6.54 Å². The monoisotopic (exact) mass is 214 g/mol. The van der Waals surface area contributed by atoms with E-state index in [4.69, 9.17) is 11.6 Å². The third kappa shape index (κ3) is 2.69. The largest absolute Gasteiger partial charge is 0.385 e. The van der Waals surface area contributed by atoms with Crippen LogP contribution in [0.3, 0.4) is 0 Å². The molecular formula is C11H17ClNO+. The molecule has 2 nitrogen and oxygen atoms in total. The van der Waals surface area contributed by atoms with Crippen LogP contribution in [0.15, 0.2) is 12.1 Å². The van der Waals surface area contributed by atoms with E-state index in [2.05, 4.69) is 23.6 Å². The molecular weight excluding hydrogens is 198 g/mol. The SMILES string of the molecule is Cc1cc(C)[n+](CC(O)CCl)c(C)c1. The number of hydrogen-bond acceptors (Lipinski definition) is 1. The van der Waals surface area contributed by atoms with E-state index in [9.17, 15) is 5.11 Å². The molecule has 1 atom stereocenters. The predicted octanol–water partition coefficient (Wildman–Crippen LogP) is 1.50. The van der Waals surface area contributed by atoms with E-state index in [1.165, 1.54) is 5.56 Å². The van der Waals surface area contributed by atoms with Gasteiger partial charge in [-0.3, -0.25) is 0 Å². The molecule has 0 aliphatic carbocycles. The number of pyridine rings is 1. The molecule has 3 heteroatoms. The zero-order valence-corrected chi connectivity index (χ0v) is 9.67. The quantitative estimate of drug-likeness (QED) is 0.599. The molecule has 1 rings (SSSR count). The normalized spacial score (nSPS) is 12.9. The Hall–Kier alpha value is -0.600. The van der Waals surface area contributed by atoms with Crippen molar-refractivity contribution in [1.82, 2.24) is 0 Å². The molecule has 0 aliphatic heterocycles. The van der Waals surface area contributed by atoms with Crippen molar-refractivity contribution in [2.45, 2.75) is 33.4 Å². The minimum Gasteiger partial charge on any atom is -0.385 e. The zero-order valence-electron chi connectivity index (χ0n) is 8.92. The number of aromatic nitrogens is 1. The molecule has 78 valence electrons. The topological polar surface area (TPSA) is 24.1 Å². The second-order valence-electron chi connectivity index (χ2n) is 3.73. The van der Waals surface area contributed by atoms with E-state index in [1.54, 1.807) is 0 Å². The van der Waals surface area contributed by atoms with Crippen LogP contribution in [0, 0.1) is 20.8 Å². The van der Waals surface area contributed by atoms with Crippen LogP contribution in [0.4, 0.5) is 0 Å². The Morgan fingerprint density at radius 1 is 1.29 bits per heavy atom. The van der Waals surface area contributed by atoms with Crippen molar-refractivity contribution in [2.75, 3.05) is 5.88 Å². The average Bonchev–Trinajstić information content (AvgIpc) is 2.10. The van der Waals surface area contributed by atoms with Crippen LogP contribution in [0.25, 0.3) is 0 Å². The number of nitrogens with zero attached hydrogens (tertiary/aromatic N) is 1. The lowest BCUT2D eigenvalue weighted by Crippen LogP contribution is -2.45. The summed E-state index contributed by atoms with van der Waals surface area (Å²) in [7, 11) is 0. The highest BCUT2D eigenvalue weighted by Crippen LogP contribution is 2.02. The summed E-state index contributed by atoms with van der Waals surface area (Å²) in [4.78, 5) is 0. The van der Waals surface area contributed by atoms with Crippen molar-refractivity contribution in [3.63, 3.8) is 0 Å². The summed E-state index contributed by atoms with van der Waals surface area (Å²) in [6.07, 6.45) is -0.471. The first-order valence-corrected chi connectivity index (χ1v) is 5.29. The standard InChI is InChI=1S/C11H17ClNO/c1-8-4-9(2)13(10(3)5-8)7-11(14)6-12/h4-5,11,14H,6-7H2,1-3H3/q+1. The maximum atomic E-state index is 9.48. The third-order valence-electron chi connectivity index (χ3n) is 2.30. The lowest BCUT2D eigenvalue weighted by Gasteiger charge is -2.08. The van der Waals surface area contributed by atoms with Gasteiger partial charge in [0.25, 0.3) is 0 Å². The Labute approximate surface area is 90.1 Å². The van der Waals surface area contributed by atoms with Crippen LogP contribution < -0.4 is 4.57 Å². The van der Waals surface area contributed by atoms with Crippen LogP contribution in [0.2, 0.25) is 0 Å². The summed E-state index contributed by atoms with van der Waals surface area (Å²) in [6.45, 7) is 6.73. The van der Waals surface area contributed by atoms with Gasteiger partial charge in [-0.15, -0.1) is 11.6 Å². The minimum absolute atomic E-state index is 0.278. The smallest absolute Gasteiger partial charge is 0.178 e. The van der Waals surface area contributed by atoms with E-state index in [0.29, 0.717) is 6.54 Å². The van der Waals surface area contributed by atoms with Crippen molar-refractivity contribution in [1.29, 1.82) is 0 Å². The van der Waals surface area contributed by atoms with Gasteiger partial charge in [-0.25, -0.2) is 0 Å². The number of aliphatic hydroxyl groups is 1. The summed E-state index contributed by atoms with van der Waals surface area (Å²) < 4.78 is 2.08. The van der Waals surface area contributed by atoms with Crippen LogP contribution in [0.5, 0.6) is 0 Å². The van der Waals surface area contributed by atoms with Gasteiger partial charge in [-0.2, -0.15) is 4.57 Å². The fraction of sp³-hybridized carbons (Fsp3) is 0.545. The molecule has 1 unspecified atom stereocenters. The van der Waals surface area contributed by atoms with E-state index < -0.39 is 6.10 Å². The van der Waals surface area contributed by atoms with Crippen molar-refractivity contribution >= 4 is 11.6 Å². The molecule has 0 amide bonds. The number of halogens is 1. The van der Waals surface area contributed by atoms with E-state index in [1.807, 2.05) is 13.8 Å². The number of rotatable bonds is 3. The summed E-state index contributed by atoms with van der Waals surface area (Å²) in [5.41, 5.74) is 3.56. The predicted molar refractivity (Wildman–Crippen MR) is 57.6 cm³/mol. The first kappa shape index (κ1) is 11.5. The lowest BCUT2D eigenvalue weighted by atomic mass is 10.2. The van der Waals surface area contributed by atoms with Crippen molar-refractivity contribution in [3.8, 4) is 0 Å². The Morgan fingerprint density at radius 3 is 2.21 bits per heavy atom. The fourth-order valence-electron chi connectivity index (χ4n) is 1.68. The highest BCUT2D eigenvalue weighted by Gasteiger charge is 2.15. The van der Waals surface area contributed by atoms with Crippen molar-refractivity contribution in [3.05, 3.63) is 29.1 Å². The highest BCUT2D eigenvalue weighted by atomic mass is 35.5. The second kappa shape index (κ2) is 4.76. The molecule has 0 saturated heterocycles. The average molecular weight is 215 g/mol. The van der Waals surface area contributed by atoms with Crippen LogP contribution >= 0.6 is 11.6 Å². The zero-order chi connectivity index (χ0) is 10.7. The molecule has 0 saturated carbocycles. The summed E-state index contributed by atoms with van der Waals surface area (Å²) in [6, 6.07) is 4.21. The highest BCUT2D eigenvalue weighted by molar-refractivity contribution is 6.18. The Bertz CT molecular complexity index is 302. The number of aliphatic hydroxyl groups excluding tert-OH is 1. The van der Waals surface area contributed by atoms with Gasteiger partial charge >= 0.3 is 0 Å². The van der Waals surface area contributed by atoms with Crippen molar-refractivity contribution in [2.24, 2.45) is 0 Å². The number of alkyl halides is 1. The molecule has 0 aliphatic rings. The second-order valence-corrected chi connectivity index (χ2v) is 4.04. The van der Waals surface area contributed by atoms with Gasteiger partial charge in [0.15, 0.2) is 17.9 Å². The van der Waals surface area contributed by atoms with Gasteiger partial charge in [0.1, 0.15) is 6.10 Å². The maximum Gasteiger partial charge on any atom is 0.178 e. The van der Waals surface area contributed by atoms with E-state index in [0.717, 1.165) is 11.4 Å². The van der Waals surface area contributed by atoms with Crippen LogP contribution in [-0.4, -0.2) is 17.1 Å². The van der Waals surface area contributed by atoms with Gasteiger partial charge in [-0.1, -0.05) is 0 Å². The molecule has 0 spiro atoms. The molecule has 0 aromatic carbocycles. The van der Waals surface area contributed by atoms with Gasteiger partial charge < -0.3 is 5.11 Å². The molecule has 0 bridgehead atoms. The molecule has 0 fully saturated rings. The van der Waals surface area contributed by atoms with Crippen LogP contribution in [0.1, 0.15) is 17.0 Å². The first-order chi connectivity index (χ1) is 6.54. The Kier molecular flexibility index (Phi) is 3.90. The summed E-state index contributed by atoms with van der Waals surface area (Å²) in [5, 5.41) is 9.48. The van der Waals surface area contributed by atoms with Gasteiger partial charge in [0.2, 0.25) is 0 Å². The molecule has 1 N–H and O–H groups in total. The molecule has 14 heavy (non-hydrogen) atoms. The fourth-order valence-corrected chi connectivity index (χ4v) is 1.78. The minimum atomic E-state index is -0.471. The molecule has 0 radical (unpaired) electrons. The Morgan fingerprint density at radius 2 is 1.79 bits per heavy atom. The van der Waals surface area contributed by atoms with Gasteiger partial charge in [0.05, 0.1) is 5.88 Å². The molecule has 1 aromatic rings. The third-order valence-corrected chi connectivity index (χ3v) is 2.65. The van der Waals surface area contributed by atoms with Crippen molar-refractivity contribution < 1.29 is 9.67 Å². The summed E-state index contributed by atoms with van der Waals surface area (Å²) in [5.74, 6) is 0.278. The summed E-state index contributed by atoms with van der Waals surface area (Å²) >= 11 is 5.57. The molecule has 1 heterocycles. The lowest BCUT2D eigenvalue weighted by molar-refractivity contribution is -0.714.